The first-order valence-electron chi connectivity index (χ1n) is 7.24. The summed E-state index contributed by atoms with van der Waals surface area (Å²) in [4.78, 5) is 14.9. The topological polar surface area (TPSA) is 20.3 Å². The summed E-state index contributed by atoms with van der Waals surface area (Å²) in [6, 6.07) is 18.5. The van der Waals surface area contributed by atoms with Gasteiger partial charge in [0.05, 0.1) is 10.8 Å². The molecular weight excluding hydrogens is 278 g/mol. The molecule has 0 bridgehead atoms. The molecule has 2 unspecified atom stereocenters. The van der Waals surface area contributed by atoms with E-state index in [1.165, 1.54) is 11.1 Å². The van der Waals surface area contributed by atoms with Crippen LogP contribution < -0.4 is 0 Å². The quantitative estimate of drug-likeness (QED) is 0.777. The lowest BCUT2D eigenvalue weighted by Crippen LogP contribution is -2.43. The summed E-state index contributed by atoms with van der Waals surface area (Å²) in [7, 11) is 0. The zero-order valence-corrected chi connectivity index (χ0v) is 12.9. The van der Waals surface area contributed by atoms with Gasteiger partial charge >= 0.3 is 0 Å². The van der Waals surface area contributed by atoms with Gasteiger partial charge in [0.1, 0.15) is 5.37 Å². The van der Waals surface area contributed by atoms with Crippen molar-refractivity contribution in [3.63, 3.8) is 0 Å². The van der Waals surface area contributed by atoms with Crippen LogP contribution in [-0.2, 0) is 0 Å². The Morgan fingerprint density at radius 3 is 2.43 bits per heavy atom. The van der Waals surface area contributed by atoms with Gasteiger partial charge in [0.2, 0.25) is 0 Å². The average molecular weight is 295 g/mol. The first kappa shape index (κ1) is 13.0. The Labute approximate surface area is 129 Å². The average Bonchev–Trinajstić information content (AvgIpc) is 2.94. The summed E-state index contributed by atoms with van der Waals surface area (Å²) in [6.07, 6.45) is 0. The molecule has 1 saturated heterocycles. The van der Waals surface area contributed by atoms with Crippen LogP contribution >= 0.6 is 11.8 Å². The molecule has 1 fully saturated rings. The lowest BCUT2D eigenvalue weighted by Gasteiger charge is -2.34. The largest absolute Gasteiger partial charge is 0.316 e. The predicted molar refractivity (Wildman–Crippen MR) is 86.2 cm³/mol. The van der Waals surface area contributed by atoms with Crippen LogP contribution in [0, 0.1) is 0 Å². The zero-order valence-electron chi connectivity index (χ0n) is 12.1. The van der Waals surface area contributed by atoms with Gasteiger partial charge < -0.3 is 4.90 Å². The minimum absolute atomic E-state index is 0.147. The molecule has 0 aliphatic carbocycles. The highest BCUT2D eigenvalue weighted by Gasteiger charge is 2.55. The number of benzene rings is 2. The molecule has 0 radical (unpaired) electrons. The molecule has 0 aromatic heterocycles. The molecule has 0 spiro atoms. The molecule has 2 aliphatic rings. The van der Waals surface area contributed by atoms with Crippen LogP contribution in [-0.4, -0.2) is 16.3 Å². The van der Waals surface area contributed by atoms with Gasteiger partial charge in [-0.3, -0.25) is 4.79 Å². The number of fused-ring (bicyclic) bond motifs is 3. The van der Waals surface area contributed by atoms with Gasteiger partial charge in [-0.15, -0.1) is 11.8 Å². The van der Waals surface area contributed by atoms with E-state index in [0.29, 0.717) is 5.25 Å². The predicted octanol–water partition coefficient (Wildman–Crippen LogP) is 4.41. The number of nitrogens with zero attached hydrogens (tertiary/aromatic N) is 1. The molecule has 4 rings (SSSR count). The fourth-order valence-corrected chi connectivity index (χ4v) is 5.38. The summed E-state index contributed by atoms with van der Waals surface area (Å²) in [5, 5.41) is 0.454. The minimum Gasteiger partial charge on any atom is -0.316 e. The molecule has 2 aliphatic heterocycles. The fraction of sp³-hybridized carbons (Fsp3) is 0.278. The molecule has 0 N–H and O–H groups in total. The van der Waals surface area contributed by atoms with Crippen LogP contribution in [0.1, 0.15) is 46.0 Å². The Morgan fingerprint density at radius 1 is 1.00 bits per heavy atom. The number of rotatable bonds is 1. The summed E-state index contributed by atoms with van der Waals surface area (Å²) in [5.74, 6) is 0.173. The van der Waals surface area contributed by atoms with Crippen LogP contribution in [0.2, 0.25) is 0 Å². The van der Waals surface area contributed by atoms with Gasteiger partial charge in [0.15, 0.2) is 0 Å². The van der Waals surface area contributed by atoms with Crippen molar-refractivity contribution in [1.82, 2.24) is 4.90 Å². The summed E-state index contributed by atoms with van der Waals surface area (Å²) < 4.78 is 0. The van der Waals surface area contributed by atoms with E-state index >= 15 is 0 Å². The number of carbonyl (C=O) groups is 1. The standard InChI is InChI=1S/C18H17NOS/c1-18(2)15(12-8-4-3-5-9-12)21-17-14-11-7-6-10-13(14)16(20)19(17)18/h3-11,15,17H,1-2H3. The van der Waals surface area contributed by atoms with E-state index in [4.69, 9.17) is 0 Å². The maximum Gasteiger partial charge on any atom is 0.255 e. The molecule has 106 valence electrons. The molecular formula is C18H17NOS. The SMILES string of the molecule is CC1(C)C(c2ccccc2)SC2c3ccccc3C(=O)N21. The monoisotopic (exact) mass is 295 g/mol. The summed E-state index contributed by atoms with van der Waals surface area (Å²) in [5.41, 5.74) is 3.15. The smallest absolute Gasteiger partial charge is 0.255 e. The third kappa shape index (κ3) is 1.70. The fourth-order valence-electron chi connectivity index (χ4n) is 3.52. The maximum absolute atomic E-state index is 12.8. The highest BCUT2D eigenvalue weighted by molar-refractivity contribution is 8.00. The molecule has 2 aromatic carbocycles. The summed E-state index contributed by atoms with van der Waals surface area (Å²) >= 11 is 1.89. The van der Waals surface area contributed by atoms with Crippen molar-refractivity contribution in [1.29, 1.82) is 0 Å². The van der Waals surface area contributed by atoms with Crippen molar-refractivity contribution >= 4 is 17.7 Å². The van der Waals surface area contributed by atoms with E-state index in [1.54, 1.807) is 0 Å². The third-order valence-electron chi connectivity index (χ3n) is 4.54. The van der Waals surface area contributed by atoms with Gasteiger partial charge in [-0.25, -0.2) is 0 Å². The van der Waals surface area contributed by atoms with Crippen LogP contribution in [0.25, 0.3) is 0 Å². The summed E-state index contributed by atoms with van der Waals surface area (Å²) in [6.45, 7) is 4.36. The van der Waals surface area contributed by atoms with Crippen LogP contribution in [0.3, 0.4) is 0 Å². The first-order chi connectivity index (χ1) is 10.1. The zero-order chi connectivity index (χ0) is 14.6. The molecule has 2 nitrogen and oxygen atoms in total. The number of thioether (sulfide) groups is 1. The number of carbonyl (C=O) groups excluding carboxylic acids is 1. The van der Waals surface area contributed by atoms with Crippen molar-refractivity contribution in [2.45, 2.75) is 30.0 Å². The van der Waals surface area contributed by atoms with E-state index in [2.05, 4.69) is 49.1 Å². The second-order valence-corrected chi connectivity index (χ2v) is 7.39. The van der Waals surface area contributed by atoms with Gasteiger partial charge in [0, 0.05) is 5.56 Å². The van der Waals surface area contributed by atoms with Crippen molar-refractivity contribution < 1.29 is 4.79 Å². The molecule has 1 amide bonds. The van der Waals surface area contributed by atoms with Crippen LogP contribution in [0.5, 0.6) is 0 Å². The van der Waals surface area contributed by atoms with E-state index < -0.39 is 0 Å². The Morgan fingerprint density at radius 2 is 1.67 bits per heavy atom. The van der Waals surface area contributed by atoms with Crippen LogP contribution in [0.15, 0.2) is 54.6 Å². The van der Waals surface area contributed by atoms with Crippen LogP contribution in [0.4, 0.5) is 0 Å². The van der Waals surface area contributed by atoms with Crippen molar-refractivity contribution in [2.75, 3.05) is 0 Å². The van der Waals surface area contributed by atoms with Gasteiger partial charge in [-0.1, -0.05) is 48.5 Å². The van der Waals surface area contributed by atoms with E-state index in [-0.39, 0.29) is 16.8 Å². The van der Waals surface area contributed by atoms with Gasteiger partial charge in [-0.2, -0.15) is 0 Å². The molecule has 2 heterocycles. The maximum atomic E-state index is 12.8. The van der Waals surface area contributed by atoms with Crippen molar-refractivity contribution in [2.24, 2.45) is 0 Å². The molecule has 3 heteroatoms. The highest BCUT2D eigenvalue weighted by Crippen LogP contribution is 2.61. The Hall–Kier alpha value is -1.74. The molecule has 0 saturated carbocycles. The second-order valence-electron chi connectivity index (χ2n) is 6.20. The number of hydrogen-bond acceptors (Lipinski definition) is 2. The van der Waals surface area contributed by atoms with Gasteiger partial charge in [0.25, 0.3) is 5.91 Å². The third-order valence-corrected chi connectivity index (χ3v) is 6.38. The number of amides is 1. The minimum atomic E-state index is -0.188. The Kier molecular flexibility index (Phi) is 2.70. The molecule has 21 heavy (non-hydrogen) atoms. The number of hydrogen-bond donors (Lipinski definition) is 0. The second kappa shape index (κ2) is 4.38. The lowest BCUT2D eigenvalue weighted by molar-refractivity contribution is 0.0603. The lowest BCUT2D eigenvalue weighted by atomic mass is 9.92. The first-order valence-corrected chi connectivity index (χ1v) is 8.18. The van der Waals surface area contributed by atoms with Crippen molar-refractivity contribution in [3.8, 4) is 0 Å². The van der Waals surface area contributed by atoms with E-state index in [1.807, 2.05) is 36.0 Å². The van der Waals surface area contributed by atoms with E-state index in [0.717, 1.165) is 5.56 Å². The Balaban J connectivity index is 1.81. The molecule has 2 aromatic rings. The molecule has 2 atom stereocenters. The normalized spacial score (nSPS) is 25.8. The van der Waals surface area contributed by atoms with Crippen molar-refractivity contribution in [3.05, 3.63) is 71.3 Å². The Bertz CT molecular complexity index is 710. The van der Waals surface area contributed by atoms with Gasteiger partial charge in [-0.05, 0) is 31.0 Å². The van der Waals surface area contributed by atoms with E-state index in [9.17, 15) is 4.79 Å². The highest BCUT2D eigenvalue weighted by atomic mass is 32.2.